The smallest absolute Gasteiger partial charge is 0.545 e. The molecule has 0 spiro atoms. The predicted octanol–water partition coefficient (Wildman–Crippen LogP) is -3.69. The van der Waals surface area contributed by atoms with E-state index in [2.05, 4.69) is 0 Å². The SMILES string of the molecule is COc1ccc(S(=O)(=O)O)c(C(=O)[O-])c1.[K+]. The minimum atomic E-state index is -4.58. The second-order valence-electron chi connectivity index (χ2n) is 2.62. The Morgan fingerprint density at radius 1 is 1.44 bits per heavy atom. The van der Waals surface area contributed by atoms with Crippen LogP contribution in [0.15, 0.2) is 23.1 Å². The van der Waals surface area contributed by atoms with Gasteiger partial charge in [0, 0.05) is 5.56 Å². The Kier molecular flexibility index (Phi) is 6.11. The molecule has 0 aliphatic rings. The second kappa shape index (κ2) is 6.10. The summed E-state index contributed by atoms with van der Waals surface area (Å²) < 4.78 is 35.0. The maximum absolute atomic E-state index is 10.8. The van der Waals surface area contributed by atoms with Crippen LogP contribution >= 0.6 is 0 Å². The molecular weight excluding hydrogens is 263 g/mol. The largest absolute Gasteiger partial charge is 1.00 e. The van der Waals surface area contributed by atoms with E-state index in [-0.39, 0.29) is 57.1 Å². The zero-order valence-electron chi connectivity index (χ0n) is 8.63. The van der Waals surface area contributed by atoms with Gasteiger partial charge in [-0.15, -0.1) is 0 Å². The third-order valence-corrected chi connectivity index (χ3v) is 2.60. The first-order valence-electron chi connectivity index (χ1n) is 3.73. The molecule has 0 aromatic heterocycles. The number of hydrogen-bond donors (Lipinski definition) is 1. The summed E-state index contributed by atoms with van der Waals surface area (Å²) in [6.45, 7) is 0. The Hall–Kier alpha value is 0.0364. The Morgan fingerprint density at radius 2 is 2.00 bits per heavy atom. The summed E-state index contributed by atoms with van der Waals surface area (Å²) in [5.41, 5.74) is -0.642. The summed E-state index contributed by atoms with van der Waals surface area (Å²) in [5, 5.41) is 10.6. The van der Waals surface area contributed by atoms with Crippen molar-refractivity contribution in [1.82, 2.24) is 0 Å². The molecule has 1 aromatic carbocycles. The zero-order chi connectivity index (χ0) is 11.6. The van der Waals surface area contributed by atoms with Gasteiger partial charge in [0.15, 0.2) is 0 Å². The number of carbonyl (C=O) groups excluding carboxylic acids is 1. The molecule has 0 atom stereocenters. The zero-order valence-corrected chi connectivity index (χ0v) is 12.6. The fourth-order valence-corrected chi connectivity index (χ4v) is 1.68. The summed E-state index contributed by atoms with van der Waals surface area (Å²) in [4.78, 5) is 9.88. The van der Waals surface area contributed by atoms with Crippen molar-refractivity contribution in [2.45, 2.75) is 4.90 Å². The van der Waals surface area contributed by atoms with Gasteiger partial charge in [0.2, 0.25) is 0 Å². The number of carboxylic acids is 1. The molecule has 16 heavy (non-hydrogen) atoms. The van der Waals surface area contributed by atoms with Crippen molar-refractivity contribution in [3.05, 3.63) is 23.8 Å². The van der Waals surface area contributed by atoms with Gasteiger partial charge in [-0.25, -0.2) is 0 Å². The van der Waals surface area contributed by atoms with Gasteiger partial charge in [0.25, 0.3) is 10.1 Å². The molecule has 0 bridgehead atoms. The fourth-order valence-electron chi connectivity index (χ4n) is 1.02. The Balaban J connectivity index is 0.00000225. The molecule has 0 saturated heterocycles. The molecule has 8 heteroatoms. The van der Waals surface area contributed by atoms with Crippen molar-refractivity contribution in [2.75, 3.05) is 7.11 Å². The molecule has 0 fully saturated rings. The van der Waals surface area contributed by atoms with Crippen LogP contribution in [0.5, 0.6) is 5.75 Å². The number of aromatic carboxylic acids is 1. The van der Waals surface area contributed by atoms with E-state index in [1.54, 1.807) is 0 Å². The standard InChI is InChI=1S/C8H8O6S.K/c1-14-5-2-3-7(15(11,12)13)6(4-5)8(9)10;/h2-4H,1H3,(H,9,10)(H,11,12,13);/q;+1/p-1. The number of hydrogen-bond acceptors (Lipinski definition) is 5. The molecule has 0 aliphatic carbocycles. The summed E-state index contributed by atoms with van der Waals surface area (Å²) in [6.07, 6.45) is 0. The van der Waals surface area contributed by atoms with E-state index in [1.165, 1.54) is 13.2 Å². The second-order valence-corrected chi connectivity index (χ2v) is 4.01. The van der Waals surface area contributed by atoms with Gasteiger partial charge in [0.1, 0.15) is 10.6 Å². The van der Waals surface area contributed by atoms with Crippen molar-refractivity contribution in [3.8, 4) is 5.75 Å². The fraction of sp³-hybridized carbons (Fsp3) is 0.125. The summed E-state index contributed by atoms with van der Waals surface area (Å²) in [7, 11) is -3.29. The van der Waals surface area contributed by atoms with Gasteiger partial charge < -0.3 is 14.6 Å². The van der Waals surface area contributed by atoms with Crippen LogP contribution in [-0.4, -0.2) is 26.0 Å². The number of carboxylic acid groups (broad SMARTS) is 1. The molecule has 1 rings (SSSR count). The average Bonchev–Trinajstić information content (AvgIpc) is 2.15. The van der Waals surface area contributed by atoms with Crippen molar-refractivity contribution in [3.63, 3.8) is 0 Å². The molecule has 0 radical (unpaired) electrons. The Labute approximate surface area is 135 Å². The maximum atomic E-state index is 10.8. The van der Waals surface area contributed by atoms with E-state index in [0.29, 0.717) is 0 Å². The molecule has 0 amide bonds. The normalized spacial score (nSPS) is 10.4. The predicted molar refractivity (Wildman–Crippen MR) is 47.1 cm³/mol. The van der Waals surface area contributed by atoms with Gasteiger partial charge in [-0.05, 0) is 18.2 Å². The first-order chi connectivity index (χ1) is 6.86. The molecular formula is C8H7KO6S. The van der Waals surface area contributed by atoms with Crippen LogP contribution in [0.1, 0.15) is 10.4 Å². The van der Waals surface area contributed by atoms with Crippen molar-refractivity contribution in [1.29, 1.82) is 0 Å². The molecule has 1 aromatic rings. The van der Waals surface area contributed by atoms with Crippen LogP contribution in [-0.2, 0) is 10.1 Å². The molecule has 0 heterocycles. The van der Waals surface area contributed by atoms with Crippen LogP contribution in [0, 0.1) is 0 Å². The third-order valence-electron chi connectivity index (χ3n) is 1.68. The third kappa shape index (κ3) is 3.81. The van der Waals surface area contributed by atoms with Crippen LogP contribution in [0.25, 0.3) is 0 Å². The summed E-state index contributed by atoms with van der Waals surface area (Å²) >= 11 is 0. The monoisotopic (exact) mass is 270 g/mol. The minimum Gasteiger partial charge on any atom is -0.545 e. The summed E-state index contributed by atoms with van der Waals surface area (Å²) in [6, 6.07) is 3.10. The van der Waals surface area contributed by atoms with E-state index >= 15 is 0 Å². The number of methoxy groups -OCH3 is 1. The van der Waals surface area contributed by atoms with E-state index in [1.807, 2.05) is 0 Å². The number of benzene rings is 1. The molecule has 0 saturated carbocycles. The number of rotatable bonds is 3. The van der Waals surface area contributed by atoms with Crippen molar-refractivity contribution >= 4 is 16.1 Å². The van der Waals surface area contributed by atoms with Crippen LogP contribution in [0.2, 0.25) is 0 Å². The van der Waals surface area contributed by atoms with Crippen LogP contribution in [0.4, 0.5) is 0 Å². The van der Waals surface area contributed by atoms with Crippen molar-refractivity contribution in [2.24, 2.45) is 0 Å². The van der Waals surface area contributed by atoms with Crippen LogP contribution in [0.3, 0.4) is 0 Å². The van der Waals surface area contributed by atoms with Gasteiger partial charge in [-0.3, -0.25) is 4.55 Å². The van der Waals surface area contributed by atoms with Gasteiger partial charge in [-0.1, -0.05) is 0 Å². The molecule has 0 unspecified atom stereocenters. The van der Waals surface area contributed by atoms with Gasteiger partial charge in [0.05, 0.1) is 13.1 Å². The Morgan fingerprint density at radius 3 is 2.38 bits per heavy atom. The Bertz CT molecular complexity index is 495. The first kappa shape index (κ1) is 16.0. The minimum absolute atomic E-state index is 0. The summed E-state index contributed by atoms with van der Waals surface area (Å²) in [5.74, 6) is -1.55. The van der Waals surface area contributed by atoms with E-state index in [4.69, 9.17) is 9.29 Å². The van der Waals surface area contributed by atoms with Crippen LogP contribution < -0.4 is 61.2 Å². The quantitative estimate of drug-likeness (QED) is 0.448. The first-order valence-corrected chi connectivity index (χ1v) is 5.17. The number of ether oxygens (including phenoxy) is 1. The van der Waals surface area contributed by atoms with E-state index < -0.39 is 26.5 Å². The number of carbonyl (C=O) groups is 1. The van der Waals surface area contributed by atoms with E-state index in [0.717, 1.165) is 12.1 Å². The molecule has 0 aliphatic heterocycles. The maximum Gasteiger partial charge on any atom is 1.00 e. The molecule has 1 N–H and O–H groups in total. The van der Waals surface area contributed by atoms with Gasteiger partial charge >= 0.3 is 51.4 Å². The van der Waals surface area contributed by atoms with Crippen molar-refractivity contribution < 1.29 is 79.0 Å². The van der Waals surface area contributed by atoms with E-state index in [9.17, 15) is 18.3 Å². The topological polar surface area (TPSA) is 104 Å². The average molecular weight is 270 g/mol. The molecule has 82 valence electrons. The molecule has 6 nitrogen and oxygen atoms in total. The van der Waals surface area contributed by atoms with Gasteiger partial charge in [-0.2, -0.15) is 8.42 Å².